The van der Waals surface area contributed by atoms with Crippen LogP contribution in [-0.2, 0) is 0 Å². The van der Waals surface area contributed by atoms with E-state index in [4.69, 9.17) is 0 Å². The van der Waals surface area contributed by atoms with E-state index in [0.717, 1.165) is 12.8 Å². The second kappa shape index (κ2) is 4.04. The molecule has 1 unspecified atom stereocenters. The molecule has 1 aromatic rings. The molecule has 0 aliphatic carbocycles. The Kier molecular flexibility index (Phi) is 2.73. The molecule has 0 bridgehead atoms. The molecule has 0 spiro atoms. The molecule has 4 heteroatoms. The number of hydrogen-bond donors (Lipinski definition) is 2. The zero-order chi connectivity index (χ0) is 11.7. The maximum absolute atomic E-state index is 12.1. The average molecular weight is 221 g/mol. The maximum atomic E-state index is 12.1. The molecule has 1 heterocycles. The van der Waals surface area contributed by atoms with Crippen LogP contribution < -0.4 is 0 Å². The first-order valence-corrected chi connectivity index (χ1v) is 5.43. The normalized spacial score (nSPS) is 20.1. The van der Waals surface area contributed by atoms with Crippen LogP contribution in [0.15, 0.2) is 18.2 Å². The van der Waals surface area contributed by atoms with Crippen LogP contribution in [0.25, 0.3) is 0 Å². The predicted octanol–water partition coefficient (Wildman–Crippen LogP) is 1.72. The van der Waals surface area contributed by atoms with Gasteiger partial charge in [-0.1, -0.05) is 6.07 Å². The first kappa shape index (κ1) is 10.8. The van der Waals surface area contributed by atoms with Crippen molar-refractivity contribution in [1.82, 2.24) is 4.90 Å². The summed E-state index contributed by atoms with van der Waals surface area (Å²) >= 11 is 0. The molecule has 2 N–H and O–H groups in total. The van der Waals surface area contributed by atoms with Crippen molar-refractivity contribution in [2.45, 2.75) is 25.8 Å². The topological polar surface area (TPSA) is 60.8 Å². The number of benzene rings is 1. The molecule has 1 aliphatic rings. The summed E-state index contributed by atoms with van der Waals surface area (Å²) in [4.78, 5) is 13.8. The van der Waals surface area contributed by atoms with Crippen molar-refractivity contribution in [3.8, 4) is 11.5 Å². The van der Waals surface area contributed by atoms with Gasteiger partial charge in [0.15, 0.2) is 0 Å². The Morgan fingerprint density at radius 2 is 2.00 bits per heavy atom. The van der Waals surface area contributed by atoms with E-state index in [2.05, 4.69) is 0 Å². The van der Waals surface area contributed by atoms with Crippen LogP contribution in [0.4, 0.5) is 0 Å². The third kappa shape index (κ3) is 1.71. The highest BCUT2D eigenvalue weighted by Crippen LogP contribution is 2.30. The van der Waals surface area contributed by atoms with Gasteiger partial charge in [0, 0.05) is 12.6 Å². The molecule has 2 rings (SSSR count). The Morgan fingerprint density at radius 1 is 1.38 bits per heavy atom. The number of carbonyl (C=O) groups is 1. The van der Waals surface area contributed by atoms with Gasteiger partial charge in [0.25, 0.3) is 5.91 Å². The summed E-state index contributed by atoms with van der Waals surface area (Å²) < 4.78 is 0. The quantitative estimate of drug-likeness (QED) is 0.759. The molecule has 1 saturated heterocycles. The fourth-order valence-corrected chi connectivity index (χ4v) is 2.13. The van der Waals surface area contributed by atoms with Gasteiger partial charge >= 0.3 is 0 Å². The zero-order valence-corrected chi connectivity index (χ0v) is 9.18. The molecule has 1 atom stereocenters. The van der Waals surface area contributed by atoms with Gasteiger partial charge in [0.1, 0.15) is 17.1 Å². The number of phenols is 2. The summed E-state index contributed by atoms with van der Waals surface area (Å²) in [5, 5.41) is 19.2. The highest BCUT2D eigenvalue weighted by Gasteiger charge is 2.29. The van der Waals surface area contributed by atoms with Crippen LogP contribution in [0.3, 0.4) is 0 Å². The SMILES string of the molecule is CC1CCCN1C(=O)c1c(O)cccc1O. The minimum absolute atomic E-state index is 0.0104. The molecule has 86 valence electrons. The minimum atomic E-state index is -0.291. The van der Waals surface area contributed by atoms with E-state index in [1.54, 1.807) is 4.90 Å². The number of hydrogen-bond acceptors (Lipinski definition) is 3. The average Bonchev–Trinajstić information content (AvgIpc) is 2.64. The lowest BCUT2D eigenvalue weighted by Gasteiger charge is -2.22. The molecule has 1 fully saturated rings. The third-order valence-electron chi connectivity index (χ3n) is 3.05. The van der Waals surface area contributed by atoms with Gasteiger partial charge in [-0.05, 0) is 31.9 Å². The number of carbonyl (C=O) groups excluding carboxylic acids is 1. The molecule has 16 heavy (non-hydrogen) atoms. The van der Waals surface area contributed by atoms with Crippen LogP contribution in [0.2, 0.25) is 0 Å². The number of amides is 1. The van der Waals surface area contributed by atoms with E-state index in [1.165, 1.54) is 18.2 Å². The molecule has 1 aromatic carbocycles. The smallest absolute Gasteiger partial charge is 0.261 e. The van der Waals surface area contributed by atoms with Crippen molar-refractivity contribution < 1.29 is 15.0 Å². The lowest BCUT2D eigenvalue weighted by molar-refractivity contribution is 0.0741. The van der Waals surface area contributed by atoms with Crippen molar-refractivity contribution >= 4 is 5.91 Å². The van der Waals surface area contributed by atoms with E-state index < -0.39 is 0 Å². The van der Waals surface area contributed by atoms with E-state index in [9.17, 15) is 15.0 Å². The van der Waals surface area contributed by atoms with E-state index >= 15 is 0 Å². The van der Waals surface area contributed by atoms with Gasteiger partial charge in [-0.3, -0.25) is 4.79 Å². The van der Waals surface area contributed by atoms with Crippen LogP contribution in [-0.4, -0.2) is 33.6 Å². The molecule has 1 amide bonds. The second-order valence-corrected chi connectivity index (χ2v) is 4.16. The van der Waals surface area contributed by atoms with Gasteiger partial charge in [-0.25, -0.2) is 0 Å². The van der Waals surface area contributed by atoms with E-state index in [1.807, 2.05) is 6.92 Å². The van der Waals surface area contributed by atoms with Crippen LogP contribution >= 0.6 is 0 Å². The van der Waals surface area contributed by atoms with Crippen molar-refractivity contribution in [3.05, 3.63) is 23.8 Å². The molecule has 1 aliphatic heterocycles. The molecule has 0 radical (unpaired) electrons. The number of aromatic hydroxyl groups is 2. The maximum Gasteiger partial charge on any atom is 0.261 e. The van der Waals surface area contributed by atoms with E-state index in [0.29, 0.717) is 6.54 Å². The van der Waals surface area contributed by atoms with Gasteiger partial charge < -0.3 is 15.1 Å². The molecular formula is C12H15NO3. The number of nitrogens with zero attached hydrogens (tertiary/aromatic N) is 1. The molecule has 0 aromatic heterocycles. The fraction of sp³-hybridized carbons (Fsp3) is 0.417. The molecule has 0 saturated carbocycles. The second-order valence-electron chi connectivity index (χ2n) is 4.16. The van der Waals surface area contributed by atoms with Crippen molar-refractivity contribution in [3.63, 3.8) is 0 Å². The van der Waals surface area contributed by atoms with Gasteiger partial charge in [-0.15, -0.1) is 0 Å². The fourth-order valence-electron chi connectivity index (χ4n) is 2.13. The monoisotopic (exact) mass is 221 g/mol. The number of phenolic OH excluding ortho intramolecular Hbond substituents is 2. The van der Waals surface area contributed by atoms with Crippen molar-refractivity contribution in [1.29, 1.82) is 0 Å². The van der Waals surface area contributed by atoms with Crippen LogP contribution in [0.1, 0.15) is 30.1 Å². The Morgan fingerprint density at radius 3 is 2.50 bits per heavy atom. The first-order valence-electron chi connectivity index (χ1n) is 5.43. The van der Waals surface area contributed by atoms with Gasteiger partial charge in [0.2, 0.25) is 0 Å². The lowest BCUT2D eigenvalue weighted by atomic mass is 10.1. The predicted molar refractivity (Wildman–Crippen MR) is 59.5 cm³/mol. The number of rotatable bonds is 1. The highest BCUT2D eigenvalue weighted by molar-refractivity contribution is 5.99. The third-order valence-corrected chi connectivity index (χ3v) is 3.05. The van der Waals surface area contributed by atoms with Crippen molar-refractivity contribution in [2.24, 2.45) is 0 Å². The highest BCUT2D eigenvalue weighted by atomic mass is 16.3. The summed E-state index contributed by atoms with van der Waals surface area (Å²) in [6.45, 7) is 2.66. The standard InChI is InChI=1S/C12H15NO3/c1-8-4-3-7-13(8)12(16)11-9(14)5-2-6-10(11)15/h2,5-6,8,14-15H,3-4,7H2,1H3. The molecule has 4 nitrogen and oxygen atoms in total. The largest absolute Gasteiger partial charge is 0.507 e. The van der Waals surface area contributed by atoms with Gasteiger partial charge in [-0.2, -0.15) is 0 Å². The Labute approximate surface area is 94.1 Å². The lowest BCUT2D eigenvalue weighted by Crippen LogP contribution is -2.33. The van der Waals surface area contributed by atoms with Gasteiger partial charge in [0.05, 0.1) is 0 Å². The Balaban J connectivity index is 2.33. The summed E-state index contributed by atoms with van der Waals surface area (Å²) in [5.74, 6) is -0.617. The zero-order valence-electron chi connectivity index (χ0n) is 9.18. The Bertz CT molecular complexity index is 396. The van der Waals surface area contributed by atoms with Crippen LogP contribution in [0, 0.1) is 0 Å². The van der Waals surface area contributed by atoms with E-state index in [-0.39, 0.29) is 29.0 Å². The minimum Gasteiger partial charge on any atom is -0.507 e. The number of likely N-dealkylation sites (tertiary alicyclic amines) is 1. The molecular weight excluding hydrogens is 206 g/mol. The summed E-state index contributed by atoms with van der Waals surface area (Å²) in [7, 11) is 0. The van der Waals surface area contributed by atoms with Crippen LogP contribution in [0.5, 0.6) is 11.5 Å². The van der Waals surface area contributed by atoms with Crippen molar-refractivity contribution in [2.75, 3.05) is 6.54 Å². The summed E-state index contributed by atoms with van der Waals surface area (Å²) in [6, 6.07) is 4.50. The Hall–Kier alpha value is -1.71. The first-order chi connectivity index (χ1) is 7.61. The summed E-state index contributed by atoms with van der Waals surface area (Å²) in [6.07, 6.45) is 1.95. The summed E-state index contributed by atoms with van der Waals surface area (Å²) in [5.41, 5.74) is 0.0104.